The lowest BCUT2D eigenvalue weighted by Gasteiger charge is -2.23. The molecule has 0 spiro atoms. The lowest BCUT2D eigenvalue weighted by molar-refractivity contribution is 0.0672. The number of aliphatic hydroxyl groups excluding tert-OH is 1. The first kappa shape index (κ1) is 12.0. The molecule has 17 heavy (non-hydrogen) atoms. The zero-order chi connectivity index (χ0) is 12.4. The summed E-state index contributed by atoms with van der Waals surface area (Å²) < 4.78 is 13.8. The standard InChI is InChI=1S/C13H16FNO2/c1-9-4-2-6-11(12(9)14)13(17)15-7-3-5-10(15)8-16/h2,4,6,10,16H,3,5,7-8H2,1H3. The van der Waals surface area contributed by atoms with Crippen LogP contribution in [0.2, 0.25) is 0 Å². The van der Waals surface area contributed by atoms with Gasteiger partial charge in [-0.3, -0.25) is 4.79 Å². The Morgan fingerprint density at radius 3 is 3.06 bits per heavy atom. The Hall–Kier alpha value is -1.42. The molecule has 1 fully saturated rings. The number of halogens is 1. The first-order chi connectivity index (χ1) is 8.15. The number of amides is 1. The monoisotopic (exact) mass is 237 g/mol. The molecule has 0 bridgehead atoms. The number of rotatable bonds is 2. The first-order valence-electron chi connectivity index (χ1n) is 5.82. The summed E-state index contributed by atoms with van der Waals surface area (Å²) in [6.45, 7) is 2.18. The number of carbonyl (C=O) groups is 1. The van der Waals surface area contributed by atoms with Crippen LogP contribution in [0, 0.1) is 12.7 Å². The molecule has 1 atom stereocenters. The summed E-state index contributed by atoms with van der Waals surface area (Å²) in [6.07, 6.45) is 1.65. The van der Waals surface area contributed by atoms with Crippen molar-refractivity contribution in [2.24, 2.45) is 0 Å². The molecule has 2 rings (SSSR count). The second kappa shape index (κ2) is 4.84. The zero-order valence-electron chi connectivity index (χ0n) is 9.82. The summed E-state index contributed by atoms with van der Waals surface area (Å²) in [5.74, 6) is -0.774. The summed E-state index contributed by atoms with van der Waals surface area (Å²) >= 11 is 0. The van der Waals surface area contributed by atoms with E-state index in [1.54, 1.807) is 24.0 Å². The van der Waals surface area contributed by atoms with Crippen molar-refractivity contribution in [3.05, 3.63) is 35.1 Å². The SMILES string of the molecule is Cc1cccc(C(=O)N2CCCC2CO)c1F. The van der Waals surface area contributed by atoms with Gasteiger partial charge in [0.15, 0.2) is 0 Å². The van der Waals surface area contributed by atoms with Crippen molar-refractivity contribution in [1.82, 2.24) is 4.90 Å². The van der Waals surface area contributed by atoms with E-state index < -0.39 is 5.82 Å². The fourth-order valence-corrected chi connectivity index (χ4v) is 2.26. The van der Waals surface area contributed by atoms with Crippen LogP contribution in [0.15, 0.2) is 18.2 Å². The van der Waals surface area contributed by atoms with E-state index in [4.69, 9.17) is 5.11 Å². The molecule has 0 aromatic heterocycles. The largest absolute Gasteiger partial charge is 0.394 e. The molecule has 1 saturated heterocycles. The van der Waals surface area contributed by atoms with Crippen molar-refractivity contribution >= 4 is 5.91 Å². The summed E-state index contributed by atoms with van der Waals surface area (Å²) in [6, 6.07) is 4.65. The van der Waals surface area contributed by atoms with Crippen molar-refractivity contribution in [2.45, 2.75) is 25.8 Å². The van der Waals surface area contributed by atoms with Gasteiger partial charge in [0, 0.05) is 6.54 Å². The molecule has 1 heterocycles. The lowest BCUT2D eigenvalue weighted by atomic mass is 10.1. The van der Waals surface area contributed by atoms with E-state index in [-0.39, 0.29) is 24.1 Å². The highest BCUT2D eigenvalue weighted by Crippen LogP contribution is 2.21. The van der Waals surface area contributed by atoms with Crippen molar-refractivity contribution in [1.29, 1.82) is 0 Å². The third-order valence-corrected chi connectivity index (χ3v) is 3.27. The average molecular weight is 237 g/mol. The van der Waals surface area contributed by atoms with E-state index in [2.05, 4.69) is 0 Å². The Bertz CT molecular complexity index is 433. The summed E-state index contributed by atoms with van der Waals surface area (Å²) in [4.78, 5) is 13.7. The predicted molar refractivity (Wildman–Crippen MR) is 62.3 cm³/mol. The van der Waals surface area contributed by atoms with Crippen LogP contribution >= 0.6 is 0 Å². The van der Waals surface area contributed by atoms with Crippen LogP contribution in [0.4, 0.5) is 4.39 Å². The highest BCUT2D eigenvalue weighted by atomic mass is 19.1. The van der Waals surface area contributed by atoms with Crippen LogP contribution in [0.5, 0.6) is 0 Å². The number of likely N-dealkylation sites (tertiary alicyclic amines) is 1. The van der Waals surface area contributed by atoms with E-state index in [1.165, 1.54) is 6.07 Å². The second-order valence-electron chi connectivity index (χ2n) is 4.41. The molecule has 3 nitrogen and oxygen atoms in total. The molecule has 1 N–H and O–H groups in total. The van der Waals surface area contributed by atoms with Gasteiger partial charge in [-0.1, -0.05) is 12.1 Å². The molecule has 1 amide bonds. The van der Waals surface area contributed by atoms with E-state index in [0.717, 1.165) is 12.8 Å². The number of nitrogens with zero attached hydrogens (tertiary/aromatic N) is 1. The van der Waals surface area contributed by atoms with Gasteiger partial charge in [-0.25, -0.2) is 4.39 Å². The fourth-order valence-electron chi connectivity index (χ4n) is 2.26. The minimum atomic E-state index is -0.457. The maximum atomic E-state index is 13.8. The van der Waals surface area contributed by atoms with Gasteiger partial charge in [0.05, 0.1) is 18.2 Å². The van der Waals surface area contributed by atoms with Crippen LogP contribution in [-0.4, -0.2) is 35.1 Å². The van der Waals surface area contributed by atoms with Crippen LogP contribution in [0.1, 0.15) is 28.8 Å². The molecule has 1 aliphatic heterocycles. The van der Waals surface area contributed by atoms with Crippen LogP contribution in [0.3, 0.4) is 0 Å². The smallest absolute Gasteiger partial charge is 0.257 e. The van der Waals surface area contributed by atoms with Crippen LogP contribution in [-0.2, 0) is 0 Å². The molecule has 0 aliphatic carbocycles. The number of aryl methyl sites for hydroxylation is 1. The maximum absolute atomic E-state index is 13.8. The molecule has 1 aromatic carbocycles. The van der Waals surface area contributed by atoms with Crippen molar-refractivity contribution in [3.63, 3.8) is 0 Å². The second-order valence-corrected chi connectivity index (χ2v) is 4.41. The average Bonchev–Trinajstić information content (AvgIpc) is 2.80. The van der Waals surface area contributed by atoms with Gasteiger partial charge in [-0.2, -0.15) is 0 Å². The Kier molecular flexibility index (Phi) is 3.43. The van der Waals surface area contributed by atoms with Crippen LogP contribution < -0.4 is 0 Å². The summed E-state index contributed by atoms with van der Waals surface area (Å²) in [5, 5.41) is 9.17. The van der Waals surface area contributed by atoms with Gasteiger partial charge in [0.1, 0.15) is 5.82 Å². The van der Waals surface area contributed by atoms with E-state index in [0.29, 0.717) is 12.1 Å². The Morgan fingerprint density at radius 2 is 2.35 bits per heavy atom. The highest BCUT2D eigenvalue weighted by molar-refractivity contribution is 5.95. The fraction of sp³-hybridized carbons (Fsp3) is 0.462. The molecule has 1 aliphatic rings. The van der Waals surface area contributed by atoms with Gasteiger partial charge < -0.3 is 10.0 Å². The van der Waals surface area contributed by atoms with Crippen LogP contribution in [0.25, 0.3) is 0 Å². The molecule has 4 heteroatoms. The first-order valence-corrected chi connectivity index (χ1v) is 5.82. The summed E-state index contributed by atoms with van der Waals surface area (Å²) in [7, 11) is 0. The van der Waals surface area contributed by atoms with E-state index in [1.807, 2.05) is 0 Å². The maximum Gasteiger partial charge on any atom is 0.257 e. The molecule has 1 aromatic rings. The van der Waals surface area contributed by atoms with Crippen molar-refractivity contribution in [3.8, 4) is 0 Å². The van der Waals surface area contributed by atoms with Crippen molar-refractivity contribution in [2.75, 3.05) is 13.2 Å². The number of benzene rings is 1. The number of carbonyl (C=O) groups excluding carboxylic acids is 1. The molecule has 0 saturated carbocycles. The third kappa shape index (κ3) is 2.17. The van der Waals surface area contributed by atoms with Gasteiger partial charge in [0.2, 0.25) is 0 Å². The Morgan fingerprint density at radius 1 is 1.59 bits per heavy atom. The minimum absolute atomic E-state index is 0.0564. The van der Waals surface area contributed by atoms with E-state index >= 15 is 0 Å². The van der Waals surface area contributed by atoms with Gasteiger partial charge in [0.25, 0.3) is 5.91 Å². The lowest BCUT2D eigenvalue weighted by Crippen LogP contribution is -2.38. The topological polar surface area (TPSA) is 40.5 Å². The van der Waals surface area contributed by atoms with E-state index in [9.17, 15) is 9.18 Å². The van der Waals surface area contributed by atoms with Gasteiger partial charge in [-0.15, -0.1) is 0 Å². The number of hydrogen-bond acceptors (Lipinski definition) is 2. The van der Waals surface area contributed by atoms with Crippen molar-refractivity contribution < 1.29 is 14.3 Å². The zero-order valence-corrected chi connectivity index (χ0v) is 9.82. The molecule has 0 radical (unpaired) electrons. The third-order valence-electron chi connectivity index (χ3n) is 3.27. The quantitative estimate of drug-likeness (QED) is 0.851. The van der Waals surface area contributed by atoms with Gasteiger partial charge >= 0.3 is 0 Å². The number of hydrogen-bond donors (Lipinski definition) is 1. The molecule has 1 unspecified atom stereocenters. The molecule has 92 valence electrons. The minimum Gasteiger partial charge on any atom is -0.394 e. The highest BCUT2D eigenvalue weighted by Gasteiger charge is 2.30. The number of aliphatic hydroxyl groups is 1. The molecular weight excluding hydrogens is 221 g/mol. The van der Waals surface area contributed by atoms with Gasteiger partial charge in [-0.05, 0) is 31.4 Å². The predicted octanol–water partition coefficient (Wildman–Crippen LogP) is 1.73. The molecular formula is C13H16FNO2. The Balaban J connectivity index is 2.28. The summed E-state index contributed by atoms with van der Waals surface area (Å²) in [5.41, 5.74) is 0.570. The Labute approximate surface area is 99.9 Å². The normalized spacial score (nSPS) is 19.7.